The number of carbonyl (C=O) groups is 1. The van der Waals surface area contributed by atoms with E-state index in [1.165, 1.54) is 0 Å². The van der Waals surface area contributed by atoms with Gasteiger partial charge < -0.3 is 19.4 Å². The number of nitrogens with one attached hydrogen (secondary N) is 1. The minimum atomic E-state index is -0.277. The first kappa shape index (κ1) is 17.6. The van der Waals surface area contributed by atoms with Crippen molar-refractivity contribution in [2.75, 3.05) is 36.5 Å². The summed E-state index contributed by atoms with van der Waals surface area (Å²) in [6.45, 7) is 2.95. The Morgan fingerprint density at radius 2 is 1.88 bits per heavy atom. The number of benzene rings is 2. The van der Waals surface area contributed by atoms with Crippen LogP contribution in [0.1, 0.15) is 10.6 Å². The largest absolute Gasteiger partial charge is 0.450 e. The number of anilines is 2. The molecule has 26 heavy (non-hydrogen) atoms. The Morgan fingerprint density at radius 3 is 2.65 bits per heavy atom. The molecule has 0 radical (unpaired) electrons. The van der Waals surface area contributed by atoms with Crippen molar-refractivity contribution in [2.45, 2.75) is 0 Å². The molecular weight excluding hydrogens is 464 g/mol. The smallest absolute Gasteiger partial charge is 0.291 e. The lowest BCUT2D eigenvalue weighted by Gasteiger charge is -2.30. The van der Waals surface area contributed by atoms with Gasteiger partial charge >= 0.3 is 0 Å². The van der Waals surface area contributed by atoms with Gasteiger partial charge in [0.1, 0.15) is 5.58 Å². The molecule has 0 atom stereocenters. The monoisotopic (exact) mass is 478 g/mol. The zero-order valence-electron chi connectivity index (χ0n) is 13.8. The molecule has 0 unspecified atom stereocenters. The normalized spacial score (nSPS) is 14.6. The summed E-state index contributed by atoms with van der Waals surface area (Å²) in [5.41, 5.74) is 2.38. The molecule has 4 rings (SSSR count). The van der Waals surface area contributed by atoms with Crippen molar-refractivity contribution in [2.24, 2.45) is 0 Å². The molecule has 1 aliphatic heterocycles. The second-order valence-electron chi connectivity index (χ2n) is 5.98. The zero-order chi connectivity index (χ0) is 18.1. The summed E-state index contributed by atoms with van der Waals surface area (Å²) in [7, 11) is 0. The van der Waals surface area contributed by atoms with Crippen LogP contribution in [0.4, 0.5) is 11.4 Å². The van der Waals surface area contributed by atoms with E-state index < -0.39 is 0 Å². The van der Waals surface area contributed by atoms with Gasteiger partial charge in [0.15, 0.2) is 5.76 Å². The van der Waals surface area contributed by atoms with Crippen molar-refractivity contribution in [3.63, 3.8) is 0 Å². The maximum Gasteiger partial charge on any atom is 0.291 e. The summed E-state index contributed by atoms with van der Waals surface area (Å²) in [5.74, 6) is 0.000474. The number of rotatable bonds is 3. The molecule has 0 spiro atoms. The fraction of sp³-hybridized carbons (Fsp3) is 0.211. The van der Waals surface area contributed by atoms with Crippen LogP contribution in [0.25, 0.3) is 11.0 Å². The van der Waals surface area contributed by atoms with Crippen LogP contribution in [0.3, 0.4) is 0 Å². The topological polar surface area (TPSA) is 54.7 Å². The molecule has 1 aromatic heterocycles. The average Bonchev–Trinajstić information content (AvgIpc) is 3.09. The van der Waals surface area contributed by atoms with E-state index in [0.717, 1.165) is 38.8 Å². The third-order valence-electron chi connectivity index (χ3n) is 4.28. The van der Waals surface area contributed by atoms with Crippen LogP contribution in [0.2, 0.25) is 0 Å². The molecule has 1 amide bonds. The van der Waals surface area contributed by atoms with Gasteiger partial charge in [-0.1, -0.05) is 28.1 Å². The number of para-hydroxylation sites is 1. The molecule has 2 heterocycles. The Labute approximate surface area is 167 Å². The van der Waals surface area contributed by atoms with E-state index in [9.17, 15) is 4.79 Å². The summed E-state index contributed by atoms with van der Waals surface area (Å²) in [5, 5.41) is 3.87. The lowest BCUT2D eigenvalue weighted by atomic mass is 10.2. The molecule has 0 saturated carbocycles. The van der Waals surface area contributed by atoms with E-state index in [4.69, 9.17) is 9.15 Å². The number of carbonyl (C=O) groups excluding carboxylic acids is 1. The molecular formula is C19H16Br2N2O3. The van der Waals surface area contributed by atoms with Gasteiger partial charge in [0, 0.05) is 22.9 Å². The number of halogens is 2. The minimum absolute atomic E-state index is 0.277. The Balaban J connectivity index is 1.64. The molecule has 5 nitrogen and oxygen atoms in total. The van der Waals surface area contributed by atoms with Crippen LogP contribution < -0.4 is 10.2 Å². The van der Waals surface area contributed by atoms with Crippen LogP contribution in [0, 0.1) is 0 Å². The first-order chi connectivity index (χ1) is 12.6. The Bertz CT molecular complexity index is 965. The number of morpholine rings is 1. The third-order valence-corrected chi connectivity index (χ3v) is 5.40. The zero-order valence-corrected chi connectivity index (χ0v) is 17.0. The van der Waals surface area contributed by atoms with Crippen molar-refractivity contribution < 1.29 is 13.9 Å². The van der Waals surface area contributed by atoms with Crippen molar-refractivity contribution in [1.82, 2.24) is 0 Å². The summed E-state index contributed by atoms with van der Waals surface area (Å²) in [6.07, 6.45) is 0. The van der Waals surface area contributed by atoms with Crippen LogP contribution >= 0.6 is 31.9 Å². The van der Waals surface area contributed by atoms with E-state index >= 15 is 0 Å². The van der Waals surface area contributed by atoms with E-state index in [1.54, 1.807) is 6.07 Å². The van der Waals surface area contributed by atoms with E-state index in [-0.39, 0.29) is 11.7 Å². The van der Waals surface area contributed by atoms with E-state index in [0.29, 0.717) is 18.8 Å². The summed E-state index contributed by atoms with van der Waals surface area (Å²) < 4.78 is 12.9. The van der Waals surface area contributed by atoms with E-state index in [2.05, 4.69) is 42.1 Å². The van der Waals surface area contributed by atoms with Crippen LogP contribution in [-0.2, 0) is 4.74 Å². The maximum atomic E-state index is 12.8. The molecule has 134 valence electrons. The fourth-order valence-electron chi connectivity index (χ4n) is 3.01. The number of ether oxygens (including phenoxy) is 1. The Kier molecular flexibility index (Phi) is 5.02. The number of amides is 1. The molecule has 2 aromatic carbocycles. The predicted octanol–water partition coefficient (Wildman–Crippen LogP) is 5.05. The number of furan rings is 1. The summed E-state index contributed by atoms with van der Waals surface area (Å²) in [6, 6.07) is 13.3. The van der Waals surface area contributed by atoms with Crippen molar-refractivity contribution in [1.29, 1.82) is 0 Å². The molecule has 3 aromatic rings. The second-order valence-corrected chi connectivity index (χ2v) is 7.75. The Morgan fingerprint density at radius 1 is 1.08 bits per heavy atom. The summed E-state index contributed by atoms with van der Waals surface area (Å²) >= 11 is 6.93. The Hall–Kier alpha value is -1.83. The number of nitrogens with zero attached hydrogens (tertiary/aromatic N) is 1. The van der Waals surface area contributed by atoms with Crippen molar-refractivity contribution >= 4 is 60.1 Å². The molecule has 1 aliphatic rings. The van der Waals surface area contributed by atoms with Gasteiger partial charge in [-0.05, 0) is 46.3 Å². The molecule has 7 heteroatoms. The van der Waals surface area contributed by atoms with Gasteiger partial charge in [-0.15, -0.1) is 0 Å². The summed E-state index contributed by atoms with van der Waals surface area (Å²) in [4.78, 5) is 15.0. The predicted molar refractivity (Wildman–Crippen MR) is 109 cm³/mol. The number of hydrogen-bond acceptors (Lipinski definition) is 4. The lowest BCUT2D eigenvalue weighted by Crippen LogP contribution is -2.36. The first-order valence-electron chi connectivity index (χ1n) is 8.23. The minimum Gasteiger partial charge on any atom is -0.450 e. The third kappa shape index (κ3) is 3.51. The standard InChI is InChI=1S/C19H16Br2N2O3/c20-13-4-5-16(23-6-8-25-9-7-23)15(11-13)22-19(24)17-10-12-2-1-3-14(21)18(12)26-17/h1-5,10-11H,6-9H2,(H,22,24). The lowest BCUT2D eigenvalue weighted by molar-refractivity contribution is 0.0998. The van der Waals surface area contributed by atoms with Crippen LogP contribution in [0.15, 0.2) is 55.8 Å². The highest BCUT2D eigenvalue weighted by atomic mass is 79.9. The quantitative estimate of drug-likeness (QED) is 0.571. The highest BCUT2D eigenvalue weighted by Crippen LogP contribution is 2.32. The van der Waals surface area contributed by atoms with Gasteiger partial charge in [0.05, 0.1) is 29.1 Å². The molecule has 0 bridgehead atoms. The average molecular weight is 480 g/mol. The van der Waals surface area contributed by atoms with Crippen molar-refractivity contribution in [3.05, 3.63) is 57.2 Å². The first-order valence-corrected chi connectivity index (χ1v) is 9.82. The molecule has 1 fully saturated rings. The molecule has 1 N–H and O–H groups in total. The highest BCUT2D eigenvalue weighted by molar-refractivity contribution is 9.11. The number of hydrogen-bond donors (Lipinski definition) is 1. The molecule has 0 aliphatic carbocycles. The van der Waals surface area contributed by atoms with Gasteiger partial charge in [-0.3, -0.25) is 4.79 Å². The number of fused-ring (bicyclic) bond motifs is 1. The van der Waals surface area contributed by atoms with Gasteiger partial charge in [-0.2, -0.15) is 0 Å². The van der Waals surface area contributed by atoms with Gasteiger partial charge in [-0.25, -0.2) is 0 Å². The fourth-order valence-corrected chi connectivity index (χ4v) is 3.84. The van der Waals surface area contributed by atoms with Crippen LogP contribution in [0.5, 0.6) is 0 Å². The van der Waals surface area contributed by atoms with Crippen molar-refractivity contribution in [3.8, 4) is 0 Å². The second kappa shape index (κ2) is 7.42. The van der Waals surface area contributed by atoms with E-state index in [1.807, 2.05) is 36.4 Å². The SMILES string of the molecule is O=C(Nc1cc(Br)ccc1N1CCOCC1)c1cc2cccc(Br)c2o1. The van der Waals surface area contributed by atoms with Crippen LogP contribution in [-0.4, -0.2) is 32.2 Å². The highest BCUT2D eigenvalue weighted by Gasteiger charge is 2.19. The maximum absolute atomic E-state index is 12.8. The van der Waals surface area contributed by atoms with Gasteiger partial charge in [0.2, 0.25) is 0 Å². The van der Waals surface area contributed by atoms with Gasteiger partial charge in [0.25, 0.3) is 5.91 Å². The molecule has 1 saturated heterocycles.